The molecule has 2 aromatic carbocycles. The third kappa shape index (κ3) is 4.38. The van der Waals surface area contributed by atoms with Crippen molar-refractivity contribution < 1.29 is 9.59 Å². The summed E-state index contributed by atoms with van der Waals surface area (Å²) in [6.45, 7) is 4.42. The van der Waals surface area contributed by atoms with Crippen molar-refractivity contribution in [1.29, 1.82) is 0 Å². The SMILES string of the molecule is CCC1CCCN1Cc1ccc(N/C=C2\C(=O)NC(=O)c3ccc(I)cc32)cc1. The summed E-state index contributed by atoms with van der Waals surface area (Å²) in [6, 6.07) is 14.5. The maximum atomic E-state index is 12.4. The molecule has 1 fully saturated rings. The van der Waals surface area contributed by atoms with Crippen LogP contribution in [0.1, 0.15) is 47.7 Å². The Labute approximate surface area is 184 Å². The summed E-state index contributed by atoms with van der Waals surface area (Å²) in [5.74, 6) is -0.733. The van der Waals surface area contributed by atoms with Crippen molar-refractivity contribution in [3.05, 3.63) is 68.9 Å². The molecule has 0 bridgehead atoms. The lowest BCUT2D eigenvalue weighted by Gasteiger charge is -2.23. The second-order valence-corrected chi connectivity index (χ2v) is 8.79. The van der Waals surface area contributed by atoms with Gasteiger partial charge in [-0.25, -0.2) is 0 Å². The van der Waals surface area contributed by atoms with Crippen LogP contribution in [0.25, 0.3) is 5.57 Å². The van der Waals surface area contributed by atoms with Gasteiger partial charge in [0.25, 0.3) is 11.8 Å². The van der Waals surface area contributed by atoms with Crippen molar-refractivity contribution in [3.8, 4) is 0 Å². The van der Waals surface area contributed by atoms with Gasteiger partial charge in [0, 0.05) is 39.2 Å². The van der Waals surface area contributed by atoms with E-state index in [9.17, 15) is 9.59 Å². The predicted molar refractivity (Wildman–Crippen MR) is 123 cm³/mol. The molecule has 2 amide bonds. The third-order valence-corrected chi connectivity index (χ3v) is 6.35. The maximum Gasteiger partial charge on any atom is 0.260 e. The van der Waals surface area contributed by atoms with Gasteiger partial charge in [0.05, 0.1) is 5.57 Å². The minimum atomic E-state index is -0.381. The van der Waals surface area contributed by atoms with Crippen LogP contribution in [0.3, 0.4) is 0 Å². The molecule has 2 heterocycles. The molecule has 1 atom stereocenters. The highest BCUT2D eigenvalue weighted by Gasteiger charge is 2.27. The molecule has 5 nitrogen and oxygen atoms in total. The lowest BCUT2D eigenvalue weighted by Crippen LogP contribution is -2.36. The number of hydrogen-bond donors (Lipinski definition) is 2. The number of hydrogen-bond acceptors (Lipinski definition) is 4. The summed E-state index contributed by atoms with van der Waals surface area (Å²) in [6.07, 6.45) is 5.48. The van der Waals surface area contributed by atoms with Crippen molar-refractivity contribution in [2.45, 2.75) is 38.8 Å². The van der Waals surface area contributed by atoms with Crippen molar-refractivity contribution in [3.63, 3.8) is 0 Å². The van der Waals surface area contributed by atoms with E-state index in [1.165, 1.54) is 31.4 Å². The fourth-order valence-electron chi connectivity index (χ4n) is 4.10. The molecule has 2 aliphatic heterocycles. The average Bonchev–Trinajstić information content (AvgIpc) is 3.16. The third-order valence-electron chi connectivity index (χ3n) is 5.68. The fourth-order valence-corrected chi connectivity index (χ4v) is 4.59. The number of carbonyl (C=O) groups is 2. The molecule has 2 aromatic rings. The van der Waals surface area contributed by atoms with Crippen LogP contribution in [0.15, 0.2) is 48.7 Å². The Morgan fingerprint density at radius 1 is 1.14 bits per heavy atom. The second kappa shape index (κ2) is 8.67. The number of nitrogens with one attached hydrogen (secondary N) is 2. The van der Waals surface area contributed by atoms with E-state index in [1.807, 2.05) is 24.3 Å². The van der Waals surface area contributed by atoms with Gasteiger partial charge >= 0.3 is 0 Å². The highest BCUT2D eigenvalue weighted by molar-refractivity contribution is 14.1. The van der Waals surface area contributed by atoms with Crippen LogP contribution >= 0.6 is 22.6 Å². The topological polar surface area (TPSA) is 61.4 Å². The Kier molecular flexibility index (Phi) is 6.01. The average molecular weight is 501 g/mol. The smallest absolute Gasteiger partial charge is 0.260 e. The standard InChI is InChI=1S/C23H24IN3O2/c1-2-18-4-3-11-27(18)14-15-5-8-17(9-6-15)25-13-21-20-12-16(24)7-10-19(20)22(28)26-23(21)29/h5-10,12-13,18,25H,2-4,11,14H2,1H3,(H,26,28,29)/b21-13-. The normalized spacial score (nSPS) is 20.6. The number of likely N-dealkylation sites (tertiary alicyclic amines) is 1. The van der Waals surface area contributed by atoms with Gasteiger partial charge in [0.1, 0.15) is 0 Å². The van der Waals surface area contributed by atoms with Gasteiger partial charge in [-0.15, -0.1) is 0 Å². The van der Waals surface area contributed by atoms with Crippen molar-refractivity contribution in [2.24, 2.45) is 0 Å². The van der Waals surface area contributed by atoms with Gasteiger partial charge in [-0.05, 0) is 84.3 Å². The van der Waals surface area contributed by atoms with Crippen LogP contribution in [-0.2, 0) is 11.3 Å². The molecule has 2 N–H and O–H groups in total. The molecule has 0 saturated carbocycles. The van der Waals surface area contributed by atoms with E-state index in [1.54, 1.807) is 12.3 Å². The number of halogens is 1. The molecule has 0 spiro atoms. The van der Waals surface area contributed by atoms with Crippen LogP contribution in [-0.4, -0.2) is 29.3 Å². The molecule has 0 aromatic heterocycles. The van der Waals surface area contributed by atoms with Crippen LogP contribution < -0.4 is 10.6 Å². The zero-order valence-electron chi connectivity index (χ0n) is 16.4. The van der Waals surface area contributed by atoms with Gasteiger partial charge in [0.15, 0.2) is 0 Å². The number of carbonyl (C=O) groups excluding carboxylic acids is 2. The molecule has 0 radical (unpaired) electrons. The predicted octanol–water partition coefficient (Wildman–Crippen LogP) is 4.39. The lowest BCUT2D eigenvalue weighted by molar-refractivity contribution is -0.114. The van der Waals surface area contributed by atoms with Gasteiger partial charge in [-0.1, -0.05) is 19.1 Å². The van der Waals surface area contributed by atoms with Crippen LogP contribution in [0.4, 0.5) is 5.69 Å². The number of anilines is 1. The van der Waals surface area contributed by atoms with Crippen LogP contribution in [0.2, 0.25) is 0 Å². The molecule has 6 heteroatoms. The number of nitrogens with zero attached hydrogens (tertiary/aromatic N) is 1. The molecule has 4 rings (SSSR count). The van der Waals surface area contributed by atoms with E-state index in [2.05, 4.69) is 57.2 Å². The minimum Gasteiger partial charge on any atom is -0.361 e. The zero-order valence-corrected chi connectivity index (χ0v) is 18.5. The summed E-state index contributed by atoms with van der Waals surface area (Å²) in [7, 11) is 0. The Bertz CT molecular complexity index is 969. The fraction of sp³-hybridized carbons (Fsp3) is 0.304. The van der Waals surface area contributed by atoms with Gasteiger partial charge < -0.3 is 5.32 Å². The van der Waals surface area contributed by atoms with E-state index in [-0.39, 0.29) is 11.8 Å². The van der Waals surface area contributed by atoms with E-state index in [0.717, 1.165) is 15.8 Å². The van der Waals surface area contributed by atoms with Crippen LogP contribution in [0, 0.1) is 3.57 Å². The summed E-state index contributed by atoms with van der Waals surface area (Å²) >= 11 is 2.18. The molecular formula is C23H24IN3O2. The van der Waals surface area contributed by atoms with Crippen LogP contribution in [0.5, 0.6) is 0 Å². The second-order valence-electron chi connectivity index (χ2n) is 7.55. The molecular weight excluding hydrogens is 477 g/mol. The first-order chi connectivity index (χ1) is 14.0. The first kappa shape index (κ1) is 20.1. The van der Waals surface area contributed by atoms with Crippen molar-refractivity contribution in [2.75, 3.05) is 11.9 Å². The molecule has 29 heavy (non-hydrogen) atoms. The maximum absolute atomic E-state index is 12.4. The monoisotopic (exact) mass is 501 g/mol. The molecule has 0 aliphatic carbocycles. The first-order valence-electron chi connectivity index (χ1n) is 10.0. The molecule has 2 aliphatic rings. The Balaban J connectivity index is 1.49. The van der Waals surface area contributed by atoms with E-state index in [0.29, 0.717) is 22.7 Å². The summed E-state index contributed by atoms with van der Waals surface area (Å²) in [5.41, 5.74) is 3.85. The Morgan fingerprint density at radius 2 is 1.93 bits per heavy atom. The lowest BCUT2D eigenvalue weighted by atomic mass is 9.95. The quantitative estimate of drug-likeness (QED) is 0.363. The number of amides is 2. The van der Waals surface area contributed by atoms with Gasteiger partial charge in [0.2, 0.25) is 0 Å². The van der Waals surface area contributed by atoms with E-state index < -0.39 is 0 Å². The van der Waals surface area contributed by atoms with Crippen molar-refractivity contribution >= 4 is 45.7 Å². The Hall–Kier alpha value is -2.19. The number of fused-ring (bicyclic) bond motifs is 1. The van der Waals surface area contributed by atoms with E-state index >= 15 is 0 Å². The number of imide groups is 1. The molecule has 1 saturated heterocycles. The highest BCUT2D eigenvalue weighted by atomic mass is 127. The Morgan fingerprint density at radius 3 is 2.69 bits per heavy atom. The largest absolute Gasteiger partial charge is 0.361 e. The van der Waals surface area contributed by atoms with E-state index in [4.69, 9.17) is 0 Å². The van der Waals surface area contributed by atoms with Crippen molar-refractivity contribution in [1.82, 2.24) is 10.2 Å². The first-order valence-corrected chi connectivity index (χ1v) is 11.1. The minimum absolute atomic E-state index is 0.352. The van der Waals surface area contributed by atoms with Gasteiger partial charge in [-0.3, -0.25) is 19.8 Å². The summed E-state index contributed by atoms with van der Waals surface area (Å²) in [4.78, 5) is 27.0. The number of benzene rings is 2. The summed E-state index contributed by atoms with van der Waals surface area (Å²) < 4.78 is 0.978. The van der Waals surface area contributed by atoms with Gasteiger partial charge in [-0.2, -0.15) is 0 Å². The molecule has 1 unspecified atom stereocenters. The molecule has 150 valence electrons. The zero-order chi connectivity index (χ0) is 20.4. The number of rotatable bonds is 5. The summed E-state index contributed by atoms with van der Waals surface area (Å²) in [5, 5.41) is 5.62. The highest BCUT2D eigenvalue weighted by Crippen LogP contribution is 2.27.